The first-order chi connectivity index (χ1) is 11.8. The quantitative estimate of drug-likeness (QED) is 0.668. The zero-order valence-corrected chi connectivity index (χ0v) is 13.7. The molecule has 130 valence electrons. The molecule has 0 radical (unpaired) electrons. The second-order valence-corrected chi connectivity index (χ2v) is 5.93. The summed E-state index contributed by atoms with van der Waals surface area (Å²) in [4.78, 5) is 35.6. The van der Waals surface area contributed by atoms with Gasteiger partial charge in [-0.1, -0.05) is 6.07 Å². The number of carboxylic acids is 1. The predicted octanol–water partition coefficient (Wildman–Crippen LogP) is 1.69. The number of fused-ring (bicyclic) bond motifs is 1. The smallest absolute Gasteiger partial charge is 0.356 e. The third-order valence-electron chi connectivity index (χ3n) is 4.26. The van der Waals surface area contributed by atoms with E-state index in [1.54, 1.807) is 19.1 Å². The van der Waals surface area contributed by atoms with Crippen molar-refractivity contribution in [2.75, 3.05) is 6.54 Å². The summed E-state index contributed by atoms with van der Waals surface area (Å²) in [5.41, 5.74) is 1.62. The van der Waals surface area contributed by atoms with Gasteiger partial charge in [0.05, 0.1) is 10.6 Å². The van der Waals surface area contributed by atoms with Crippen molar-refractivity contribution >= 4 is 17.6 Å². The van der Waals surface area contributed by atoms with E-state index in [9.17, 15) is 24.8 Å². The number of carbonyl (C=O) groups excluding carboxylic acids is 1. The highest BCUT2D eigenvalue weighted by molar-refractivity contribution is 5.88. The first kappa shape index (κ1) is 16.6. The van der Waals surface area contributed by atoms with Gasteiger partial charge in [0.25, 0.3) is 5.69 Å². The van der Waals surface area contributed by atoms with Crippen molar-refractivity contribution in [3.05, 3.63) is 50.8 Å². The number of hydrogen-bond donors (Lipinski definition) is 1. The zero-order valence-electron chi connectivity index (χ0n) is 13.7. The topological polar surface area (TPSA) is 119 Å². The molecule has 1 aliphatic rings. The largest absolute Gasteiger partial charge is 0.476 e. The molecular formula is C16H16N4O5. The minimum Gasteiger partial charge on any atom is -0.476 e. The molecule has 2 heterocycles. The fraction of sp³-hybridized carbons (Fsp3) is 0.312. The van der Waals surface area contributed by atoms with Crippen LogP contribution in [-0.2, 0) is 17.8 Å². The lowest BCUT2D eigenvalue weighted by Gasteiger charge is -2.26. The molecule has 1 aliphatic heterocycles. The Morgan fingerprint density at radius 3 is 2.68 bits per heavy atom. The van der Waals surface area contributed by atoms with Crippen LogP contribution in [0.3, 0.4) is 0 Å². The molecule has 0 fully saturated rings. The highest BCUT2D eigenvalue weighted by Gasteiger charge is 2.31. The summed E-state index contributed by atoms with van der Waals surface area (Å²) in [7, 11) is 0. The maximum atomic E-state index is 11.6. The first-order valence-corrected chi connectivity index (χ1v) is 7.64. The Morgan fingerprint density at radius 1 is 1.36 bits per heavy atom. The summed E-state index contributed by atoms with van der Waals surface area (Å²) in [6.45, 7) is 3.70. The van der Waals surface area contributed by atoms with Crippen LogP contribution in [0.5, 0.6) is 0 Å². The monoisotopic (exact) mass is 344 g/mol. The van der Waals surface area contributed by atoms with E-state index in [-0.39, 0.29) is 29.5 Å². The Labute approximate surface area is 142 Å². The van der Waals surface area contributed by atoms with Gasteiger partial charge in [-0.05, 0) is 18.6 Å². The van der Waals surface area contributed by atoms with Gasteiger partial charge in [-0.15, -0.1) is 0 Å². The summed E-state index contributed by atoms with van der Waals surface area (Å²) in [5.74, 6) is -1.38. The molecule has 9 nitrogen and oxygen atoms in total. The summed E-state index contributed by atoms with van der Waals surface area (Å²) in [6.07, 6.45) is 0.375. The fourth-order valence-electron chi connectivity index (χ4n) is 3.02. The Morgan fingerprint density at radius 2 is 2.08 bits per heavy atom. The molecule has 25 heavy (non-hydrogen) atoms. The van der Waals surface area contributed by atoms with Crippen LogP contribution in [0.4, 0.5) is 5.69 Å². The van der Waals surface area contributed by atoms with E-state index < -0.39 is 10.9 Å². The van der Waals surface area contributed by atoms with Gasteiger partial charge in [0, 0.05) is 38.1 Å². The van der Waals surface area contributed by atoms with E-state index in [2.05, 4.69) is 5.10 Å². The molecule has 0 aliphatic carbocycles. The van der Waals surface area contributed by atoms with Crippen LogP contribution in [0.1, 0.15) is 34.2 Å². The van der Waals surface area contributed by atoms with Crippen molar-refractivity contribution in [2.45, 2.75) is 26.8 Å². The van der Waals surface area contributed by atoms with Crippen LogP contribution in [0.25, 0.3) is 5.69 Å². The minimum atomic E-state index is -1.23. The normalized spacial score (nSPS) is 13.4. The Hall–Kier alpha value is -3.23. The SMILES string of the molecule is CC(=O)N1CCc2c(c(C(=O)O)nn2-c2ccc(C)cc2[N+](=O)[O-])C1. The van der Waals surface area contributed by atoms with Crippen molar-refractivity contribution in [1.29, 1.82) is 0 Å². The number of aryl methyl sites for hydroxylation is 1. The Kier molecular flexibility index (Phi) is 3.99. The molecule has 0 saturated carbocycles. The average Bonchev–Trinajstić information content (AvgIpc) is 2.93. The molecule has 0 spiro atoms. The molecule has 0 atom stereocenters. The van der Waals surface area contributed by atoms with E-state index in [1.807, 2.05) is 0 Å². The van der Waals surface area contributed by atoms with Crippen LogP contribution < -0.4 is 0 Å². The average molecular weight is 344 g/mol. The maximum Gasteiger partial charge on any atom is 0.356 e. The Balaban J connectivity index is 2.20. The van der Waals surface area contributed by atoms with Gasteiger partial charge >= 0.3 is 5.97 Å². The lowest BCUT2D eigenvalue weighted by atomic mass is 10.0. The molecule has 0 unspecified atom stereocenters. The molecule has 1 N–H and O–H groups in total. The van der Waals surface area contributed by atoms with Crippen LogP contribution in [-0.4, -0.2) is 43.1 Å². The van der Waals surface area contributed by atoms with Gasteiger partial charge in [0.1, 0.15) is 5.69 Å². The summed E-state index contributed by atoms with van der Waals surface area (Å²) < 4.78 is 1.33. The summed E-state index contributed by atoms with van der Waals surface area (Å²) >= 11 is 0. The number of nitro groups is 1. The number of rotatable bonds is 3. The number of nitrogens with zero attached hydrogens (tertiary/aromatic N) is 4. The number of carboxylic acid groups (broad SMARTS) is 1. The molecule has 2 aromatic rings. The van der Waals surface area contributed by atoms with Gasteiger partial charge in [0.15, 0.2) is 5.69 Å². The highest BCUT2D eigenvalue weighted by atomic mass is 16.6. The van der Waals surface area contributed by atoms with E-state index >= 15 is 0 Å². The van der Waals surface area contributed by atoms with Crippen molar-refractivity contribution < 1.29 is 19.6 Å². The number of hydrogen-bond acceptors (Lipinski definition) is 5. The number of aromatic carboxylic acids is 1. The number of amides is 1. The zero-order chi connectivity index (χ0) is 18.3. The third kappa shape index (κ3) is 2.84. The number of carbonyl (C=O) groups is 2. The number of aromatic nitrogens is 2. The second kappa shape index (κ2) is 6.00. The van der Waals surface area contributed by atoms with Crippen LogP contribution in [0, 0.1) is 17.0 Å². The molecule has 1 amide bonds. The van der Waals surface area contributed by atoms with Crippen molar-refractivity contribution in [3.8, 4) is 5.69 Å². The molecular weight excluding hydrogens is 328 g/mol. The lowest BCUT2D eigenvalue weighted by Crippen LogP contribution is -2.35. The number of benzene rings is 1. The Bertz CT molecular complexity index is 902. The van der Waals surface area contributed by atoms with E-state index in [0.29, 0.717) is 24.2 Å². The van der Waals surface area contributed by atoms with Crippen LogP contribution in [0.2, 0.25) is 0 Å². The van der Waals surface area contributed by atoms with Crippen molar-refractivity contribution in [1.82, 2.24) is 14.7 Å². The maximum absolute atomic E-state index is 11.6. The lowest BCUT2D eigenvalue weighted by molar-refractivity contribution is -0.384. The van der Waals surface area contributed by atoms with Gasteiger partial charge in [-0.2, -0.15) is 5.10 Å². The van der Waals surface area contributed by atoms with Crippen LogP contribution in [0.15, 0.2) is 18.2 Å². The molecule has 9 heteroatoms. The standard InChI is InChI=1S/C16H16N4O5/c1-9-3-4-13(14(7-9)20(24)25)19-12-5-6-18(10(2)21)8-11(12)15(17-19)16(22)23/h3-4,7H,5-6,8H2,1-2H3,(H,22,23). The van der Waals surface area contributed by atoms with E-state index in [4.69, 9.17) is 0 Å². The first-order valence-electron chi connectivity index (χ1n) is 7.64. The van der Waals surface area contributed by atoms with E-state index in [1.165, 1.54) is 22.6 Å². The molecule has 0 saturated heterocycles. The number of nitro benzene ring substituents is 1. The van der Waals surface area contributed by atoms with Gasteiger partial charge in [-0.25, -0.2) is 9.48 Å². The molecule has 1 aromatic carbocycles. The van der Waals surface area contributed by atoms with Crippen molar-refractivity contribution in [2.24, 2.45) is 0 Å². The van der Waals surface area contributed by atoms with Gasteiger partial charge in [-0.3, -0.25) is 14.9 Å². The van der Waals surface area contributed by atoms with Crippen molar-refractivity contribution in [3.63, 3.8) is 0 Å². The minimum absolute atomic E-state index is 0.131. The third-order valence-corrected chi connectivity index (χ3v) is 4.26. The summed E-state index contributed by atoms with van der Waals surface area (Å²) in [5, 5.41) is 24.9. The van der Waals surface area contributed by atoms with Gasteiger partial charge in [0.2, 0.25) is 5.91 Å². The predicted molar refractivity (Wildman–Crippen MR) is 86.7 cm³/mol. The highest BCUT2D eigenvalue weighted by Crippen LogP contribution is 2.30. The molecule has 0 bridgehead atoms. The summed E-state index contributed by atoms with van der Waals surface area (Å²) in [6, 6.07) is 4.69. The molecule has 1 aromatic heterocycles. The fourth-order valence-corrected chi connectivity index (χ4v) is 3.02. The second-order valence-electron chi connectivity index (χ2n) is 5.93. The van der Waals surface area contributed by atoms with E-state index in [0.717, 1.165) is 5.56 Å². The molecule has 3 rings (SSSR count). The van der Waals surface area contributed by atoms with Crippen LogP contribution >= 0.6 is 0 Å². The van der Waals surface area contributed by atoms with Gasteiger partial charge < -0.3 is 10.0 Å².